The molecule has 194 valence electrons. The summed E-state index contributed by atoms with van der Waals surface area (Å²) >= 11 is 5.48. The fourth-order valence-electron chi connectivity index (χ4n) is 3.89. The molecule has 2 N–H and O–H groups in total. The first-order valence-corrected chi connectivity index (χ1v) is 20.1. The topological polar surface area (TPSA) is 66.5 Å². The number of anilines is 1. The Bertz CT molecular complexity index is 1150. The number of pyridine rings is 1. The van der Waals surface area contributed by atoms with E-state index >= 15 is 0 Å². The van der Waals surface area contributed by atoms with Gasteiger partial charge in [-0.05, 0) is 19.3 Å². The zero-order valence-corrected chi connectivity index (χ0v) is 23.8. The molecule has 2 aromatic rings. The van der Waals surface area contributed by atoms with Gasteiger partial charge < -0.3 is 4.74 Å². The van der Waals surface area contributed by atoms with E-state index in [2.05, 4.69) is 38.5 Å². The predicted molar refractivity (Wildman–Crippen MR) is 139 cm³/mol. The summed E-state index contributed by atoms with van der Waals surface area (Å²) in [5.74, 6) is 6.95. The Balaban J connectivity index is 1.31. The molecule has 1 amide bonds. The number of aromatic nitrogens is 1. The number of amides is 1. The minimum absolute atomic E-state index is 0.0119. The molecule has 1 saturated carbocycles. The van der Waals surface area contributed by atoms with Crippen LogP contribution in [0.2, 0.25) is 22.4 Å². The first-order chi connectivity index (χ1) is 16.9. The second kappa shape index (κ2) is 10.6. The number of halogens is 4. The summed E-state index contributed by atoms with van der Waals surface area (Å²) in [4.78, 5) is 18.1. The van der Waals surface area contributed by atoms with Crippen molar-refractivity contribution >= 4 is 52.9 Å². The minimum atomic E-state index is -4.19. The Morgan fingerprint density at radius 1 is 1.28 bits per heavy atom. The molecule has 0 bridgehead atoms. The third-order valence-electron chi connectivity index (χ3n) is 6.28. The summed E-state index contributed by atoms with van der Waals surface area (Å²) < 4.78 is 48.9. The molecule has 4 rings (SSSR count). The number of benzene rings is 1. The summed E-state index contributed by atoms with van der Waals surface area (Å²) in [5, 5.41) is 1.59. The Morgan fingerprint density at radius 3 is 2.64 bits per heavy atom. The van der Waals surface area contributed by atoms with Crippen molar-refractivity contribution in [3.8, 4) is 0 Å². The van der Waals surface area contributed by atoms with Crippen LogP contribution in [0.5, 0.6) is 0 Å². The van der Waals surface area contributed by atoms with E-state index in [9.17, 15) is 18.0 Å². The van der Waals surface area contributed by atoms with Crippen molar-refractivity contribution in [2.45, 2.75) is 53.8 Å². The van der Waals surface area contributed by atoms with E-state index in [-0.39, 0.29) is 42.5 Å². The maximum absolute atomic E-state index is 13.1. The van der Waals surface area contributed by atoms with E-state index < -0.39 is 31.1 Å². The van der Waals surface area contributed by atoms with E-state index in [1.165, 1.54) is 16.3 Å². The Labute approximate surface area is 220 Å². The first kappa shape index (κ1) is 27.3. The van der Waals surface area contributed by atoms with Crippen molar-refractivity contribution in [3.63, 3.8) is 0 Å². The third kappa shape index (κ3) is 6.21. The summed E-state index contributed by atoms with van der Waals surface area (Å²) in [5.41, 5.74) is 1.64. The molecule has 1 aromatic carbocycles. The summed E-state index contributed by atoms with van der Waals surface area (Å²) in [7, 11) is 0. The number of alkyl halides is 3. The quantitative estimate of drug-likeness (QED) is 0.221. The summed E-state index contributed by atoms with van der Waals surface area (Å²) in [6, 6.07) is 11.3. The zero-order chi connectivity index (χ0) is 26.1. The van der Waals surface area contributed by atoms with Gasteiger partial charge >= 0.3 is 172 Å². The molecule has 6 nitrogen and oxygen atoms in total. The van der Waals surface area contributed by atoms with Crippen LogP contribution in [-0.2, 0) is 4.74 Å². The molecular formula is C24H28ClF3GeN4O2S. The number of hydrogen-bond acceptors (Lipinski definition) is 6. The van der Waals surface area contributed by atoms with Gasteiger partial charge in [-0.25, -0.2) is 0 Å². The van der Waals surface area contributed by atoms with Gasteiger partial charge in [0.05, 0.1) is 5.41 Å². The Morgan fingerprint density at radius 2 is 2.00 bits per heavy atom. The van der Waals surface area contributed by atoms with Crippen LogP contribution in [0.15, 0.2) is 53.6 Å². The van der Waals surface area contributed by atoms with Crippen molar-refractivity contribution in [2.75, 3.05) is 11.6 Å². The number of ether oxygens (including phenoxy) is 1. The number of rotatable bonds is 9. The van der Waals surface area contributed by atoms with Crippen LogP contribution in [0.1, 0.15) is 29.6 Å². The van der Waals surface area contributed by atoms with Gasteiger partial charge in [-0.3, -0.25) is 0 Å². The fraction of sp³-hybridized carbons (Fsp3) is 0.417. The van der Waals surface area contributed by atoms with E-state index in [1.54, 1.807) is 29.4 Å². The van der Waals surface area contributed by atoms with Crippen molar-refractivity contribution < 1.29 is 22.7 Å². The SMILES string of the molecule is [CH3][Ge]([CH3])([CH3])[c]1ccccc1SNC(=O)c1ccc(N2C=CC(OCCC3(C(F)(F)F)CC3)N2)nc1Cl. The van der Waals surface area contributed by atoms with Crippen molar-refractivity contribution in [3.05, 3.63) is 59.4 Å². The standard InChI is InChI=1S/C24H28ClF3GeN4O2S/c1-29(2,3)17-6-4-5-7-18(17)36-32-22(34)16-8-9-19(30-21(16)25)33-14-10-20(31-33)35-15-13-23(11-12-23)24(26,27)28/h4-10,14,20,31H,11-13,15H2,1-3H3,(H,32,34). The van der Waals surface area contributed by atoms with E-state index in [1.807, 2.05) is 18.2 Å². The van der Waals surface area contributed by atoms with Gasteiger partial charge in [-0.15, -0.1) is 0 Å². The van der Waals surface area contributed by atoms with E-state index in [0.29, 0.717) is 5.82 Å². The van der Waals surface area contributed by atoms with Gasteiger partial charge in [0.1, 0.15) is 0 Å². The second-order valence-electron chi connectivity index (χ2n) is 9.95. The average molecular weight is 602 g/mol. The Kier molecular flexibility index (Phi) is 8.02. The number of hydrazine groups is 1. The molecule has 0 radical (unpaired) electrons. The van der Waals surface area contributed by atoms with Gasteiger partial charge in [-0.2, -0.15) is 13.2 Å². The molecule has 0 spiro atoms. The van der Waals surface area contributed by atoms with Gasteiger partial charge in [0, 0.05) is 6.61 Å². The number of nitrogens with one attached hydrogen (secondary N) is 2. The number of hydrogen-bond donors (Lipinski definition) is 2. The van der Waals surface area contributed by atoms with Crippen molar-refractivity contribution in [1.82, 2.24) is 15.1 Å². The second-order valence-corrected chi connectivity index (χ2v) is 21.7. The fourth-order valence-corrected chi connectivity index (χ4v) is 9.65. The summed E-state index contributed by atoms with van der Waals surface area (Å²) in [6.07, 6.45) is -1.17. The number of nitrogens with zero attached hydrogens (tertiary/aromatic N) is 2. The van der Waals surface area contributed by atoms with Crippen LogP contribution in [0.4, 0.5) is 19.0 Å². The normalized spacial score (nSPS) is 19.0. The van der Waals surface area contributed by atoms with Crippen LogP contribution in [-0.4, -0.2) is 43.2 Å². The number of carbonyl (C=O) groups excluding carboxylic acids is 1. The molecule has 1 fully saturated rings. The van der Waals surface area contributed by atoms with Crippen LogP contribution >= 0.6 is 23.5 Å². The summed E-state index contributed by atoms with van der Waals surface area (Å²) in [6.45, 7) is -0.0119. The molecule has 1 aliphatic carbocycles. The molecule has 2 aliphatic rings. The van der Waals surface area contributed by atoms with Crippen LogP contribution < -0.4 is 19.6 Å². The first-order valence-electron chi connectivity index (χ1n) is 11.5. The maximum atomic E-state index is 13.1. The average Bonchev–Trinajstić information content (AvgIpc) is 3.47. The molecule has 36 heavy (non-hydrogen) atoms. The Hall–Kier alpha value is -1.73. The van der Waals surface area contributed by atoms with E-state index in [4.69, 9.17) is 16.3 Å². The molecule has 0 saturated heterocycles. The predicted octanol–water partition coefficient (Wildman–Crippen LogP) is 5.63. The van der Waals surface area contributed by atoms with Gasteiger partial charge in [0.25, 0.3) is 0 Å². The van der Waals surface area contributed by atoms with Gasteiger partial charge in [0.2, 0.25) is 0 Å². The molecule has 1 aromatic heterocycles. The zero-order valence-electron chi connectivity index (χ0n) is 20.2. The van der Waals surface area contributed by atoms with Gasteiger partial charge in [0.15, 0.2) is 0 Å². The van der Waals surface area contributed by atoms with Crippen LogP contribution in [0.25, 0.3) is 0 Å². The van der Waals surface area contributed by atoms with E-state index in [0.717, 1.165) is 4.90 Å². The van der Waals surface area contributed by atoms with Crippen LogP contribution in [0, 0.1) is 5.41 Å². The third-order valence-corrected chi connectivity index (χ3v) is 12.1. The molecule has 1 aliphatic heterocycles. The molecule has 1 unspecified atom stereocenters. The van der Waals surface area contributed by atoms with Crippen molar-refractivity contribution in [1.29, 1.82) is 0 Å². The molecule has 2 heterocycles. The molecular weight excluding hydrogens is 573 g/mol. The monoisotopic (exact) mass is 602 g/mol. The van der Waals surface area contributed by atoms with Crippen molar-refractivity contribution in [2.24, 2.45) is 5.41 Å². The molecule has 12 heteroatoms. The number of carbonyl (C=O) groups is 1. The van der Waals surface area contributed by atoms with Gasteiger partial charge in [-0.1, -0.05) is 0 Å². The van der Waals surface area contributed by atoms with Crippen LogP contribution in [0.3, 0.4) is 0 Å². The molecule has 1 atom stereocenters.